The van der Waals surface area contributed by atoms with E-state index in [0.29, 0.717) is 36.6 Å². The molecule has 7 N–H and O–H groups in total. The third-order valence-electron chi connectivity index (χ3n) is 7.48. The van der Waals surface area contributed by atoms with E-state index in [0.717, 1.165) is 28.7 Å². The van der Waals surface area contributed by atoms with Gasteiger partial charge in [-0.1, -0.05) is 61.5 Å². The molecule has 0 bridgehead atoms. The minimum absolute atomic E-state index is 0.0984. The number of anilines is 1. The first-order valence-corrected chi connectivity index (χ1v) is 16.9. The summed E-state index contributed by atoms with van der Waals surface area (Å²) in [5, 5.41) is 19.5. The van der Waals surface area contributed by atoms with Crippen molar-refractivity contribution in [1.82, 2.24) is 25.7 Å². The van der Waals surface area contributed by atoms with Gasteiger partial charge in [0.05, 0.1) is 17.4 Å². The zero-order chi connectivity index (χ0) is 33.8. The van der Waals surface area contributed by atoms with Crippen molar-refractivity contribution < 1.29 is 23.1 Å². The van der Waals surface area contributed by atoms with Gasteiger partial charge in [0, 0.05) is 49.5 Å². The van der Waals surface area contributed by atoms with Crippen molar-refractivity contribution in [1.29, 1.82) is 0 Å². The van der Waals surface area contributed by atoms with Crippen LogP contribution in [0.3, 0.4) is 0 Å². The first kappa shape index (κ1) is 35.2. The van der Waals surface area contributed by atoms with Crippen LogP contribution in [-0.4, -0.2) is 49.5 Å². The number of amides is 2. The lowest BCUT2D eigenvalue weighted by Gasteiger charge is -2.18. The molecule has 11 nitrogen and oxygen atoms in total. The molecule has 0 spiro atoms. The van der Waals surface area contributed by atoms with Crippen LogP contribution in [0.25, 0.3) is 0 Å². The zero-order valence-corrected chi connectivity index (χ0v) is 27.4. The SMILES string of the molecule is CCNS(=O)(=O)c1ccc(CNC(=O)c2ccc(CNC(=O)Cc3cccc(C[C@@H](C)NC[C@@H](O)c4ccc(N)nc4)c3)cc2)cc1. The van der Waals surface area contributed by atoms with E-state index in [1.165, 1.54) is 12.1 Å². The summed E-state index contributed by atoms with van der Waals surface area (Å²) >= 11 is 0. The normalized spacial score (nSPS) is 12.7. The lowest BCUT2D eigenvalue weighted by Crippen LogP contribution is -2.32. The number of pyridine rings is 1. The maximum absolute atomic E-state index is 12.7. The monoisotopic (exact) mass is 658 g/mol. The van der Waals surface area contributed by atoms with Gasteiger partial charge >= 0.3 is 0 Å². The van der Waals surface area contributed by atoms with E-state index in [2.05, 4.69) is 25.7 Å². The Balaban J connectivity index is 1.19. The first-order chi connectivity index (χ1) is 22.5. The lowest BCUT2D eigenvalue weighted by molar-refractivity contribution is -0.120. The van der Waals surface area contributed by atoms with Crippen LogP contribution >= 0.6 is 0 Å². The second-order valence-electron chi connectivity index (χ2n) is 11.3. The molecule has 1 aromatic heterocycles. The summed E-state index contributed by atoms with van der Waals surface area (Å²) in [5.74, 6) is 0.0385. The molecular formula is C35H42N6O5S. The predicted molar refractivity (Wildman–Crippen MR) is 182 cm³/mol. The summed E-state index contributed by atoms with van der Waals surface area (Å²) in [6.45, 7) is 5.02. The summed E-state index contributed by atoms with van der Waals surface area (Å²) in [7, 11) is -3.53. The van der Waals surface area contributed by atoms with Crippen molar-refractivity contribution in [3.8, 4) is 0 Å². The fourth-order valence-corrected chi connectivity index (χ4v) is 5.94. The molecule has 1 heterocycles. The van der Waals surface area contributed by atoms with Crippen molar-refractivity contribution in [2.24, 2.45) is 0 Å². The van der Waals surface area contributed by atoms with Gasteiger partial charge in [-0.05, 0) is 65.9 Å². The van der Waals surface area contributed by atoms with Crippen molar-refractivity contribution in [3.63, 3.8) is 0 Å². The van der Waals surface area contributed by atoms with Gasteiger partial charge in [-0.3, -0.25) is 9.59 Å². The smallest absolute Gasteiger partial charge is 0.251 e. The molecule has 3 aromatic carbocycles. The molecule has 0 saturated carbocycles. The highest BCUT2D eigenvalue weighted by atomic mass is 32.2. The van der Waals surface area contributed by atoms with E-state index in [1.54, 1.807) is 61.7 Å². The molecule has 0 fully saturated rings. The molecule has 2 atom stereocenters. The molecule has 0 radical (unpaired) electrons. The van der Waals surface area contributed by atoms with Crippen LogP contribution in [0.15, 0.2) is 96.0 Å². The van der Waals surface area contributed by atoms with E-state index in [-0.39, 0.29) is 35.7 Å². The largest absolute Gasteiger partial charge is 0.387 e. The quantitative estimate of drug-likeness (QED) is 0.107. The van der Waals surface area contributed by atoms with Crippen LogP contribution in [-0.2, 0) is 40.7 Å². The van der Waals surface area contributed by atoms with Crippen LogP contribution in [0.4, 0.5) is 5.82 Å². The number of nitrogens with one attached hydrogen (secondary N) is 4. The number of aliphatic hydroxyl groups is 1. The van der Waals surface area contributed by atoms with Gasteiger partial charge in [-0.25, -0.2) is 18.1 Å². The van der Waals surface area contributed by atoms with Gasteiger partial charge in [0.1, 0.15) is 5.82 Å². The van der Waals surface area contributed by atoms with E-state index >= 15 is 0 Å². The number of aromatic nitrogens is 1. The van der Waals surface area contributed by atoms with Crippen molar-refractivity contribution >= 4 is 27.7 Å². The standard InChI is InChI=1S/C35H42N6O5S/c1-3-41-47(45,46)31-14-9-26(10-15-31)21-40-35(44)29-11-7-25(8-12-29)20-39-34(43)19-28-6-4-5-27(18-28)17-24(2)37-23-32(42)30-13-16-33(36)38-22-30/h4-16,18,22,24,32,37,41-42H,3,17,19-21,23H2,1-2H3,(H2,36,38)(H,39,43)(H,40,44)/t24-,32-/m1/s1. The summed E-state index contributed by atoms with van der Waals surface area (Å²) in [6.07, 6.45) is 1.85. The molecule has 4 rings (SSSR count). The Labute approximate surface area is 276 Å². The average molecular weight is 659 g/mol. The lowest BCUT2D eigenvalue weighted by atomic mass is 10.0. The van der Waals surface area contributed by atoms with Crippen molar-refractivity contribution in [3.05, 3.63) is 125 Å². The Morgan fingerprint density at radius 3 is 2.19 bits per heavy atom. The summed E-state index contributed by atoms with van der Waals surface area (Å²) in [5.41, 5.74) is 10.4. The summed E-state index contributed by atoms with van der Waals surface area (Å²) < 4.78 is 26.6. The maximum atomic E-state index is 12.7. The molecule has 0 unspecified atom stereocenters. The fourth-order valence-electron chi connectivity index (χ4n) is 4.90. The maximum Gasteiger partial charge on any atom is 0.251 e. The van der Waals surface area contributed by atoms with Crippen LogP contribution in [0, 0.1) is 0 Å². The highest BCUT2D eigenvalue weighted by Gasteiger charge is 2.14. The van der Waals surface area contributed by atoms with Crippen molar-refractivity contribution in [2.75, 3.05) is 18.8 Å². The number of nitrogens with zero attached hydrogens (tertiary/aromatic N) is 1. The minimum Gasteiger partial charge on any atom is -0.387 e. The second-order valence-corrected chi connectivity index (χ2v) is 13.1. The van der Waals surface area contributed by atoms with Gasteiger partial charge in [-0.2, -0.15) is 0 Å². The minimum atomic E-state index is -3.53. The molecule has 4 aromatic rings. The predicted octanol–water partition coefficient (Wildman–Crippen LogP) is 3.01. The number of carbonyl (C=O) groups is 2. The molecule has 0 saturated heterocycles. The molecule has 248 valence electrons. The third-order valence-corrected chi connectivity index (χ3v) is 9.04. The van der Waals surface area contributed by atoms with Crippen LogP contribution in [0.2, 0.25) is 0 Å². The van der Waals surface area contributed by atoms with E-state index < -0.39 is 16.1 Å². The number of carbonyl (C=O) groups excluding carboxylic acids is 2. The van der Waals surface area contributed by atoms with E-state index in [4.69, 9.17) is 5.73 Å². The second kappa shape index (κ2) is 16.8. The number of sulfonamides is 1. The highest BCUT2D eigenvalue weighted by molar-refractivity contribution is 7.89. The Morgan fingerprint density at radius 1 is 0.872 bits per heavy atom. The Kier molecular flexibility index (Phi) is 12.6. The van der Waals surface area contributed by atoms with Crippen LogP contribution in [0.1, 0.15) is 58.1 Å². The number of hydrogen-bond donors (Lipinski definition) is 6. The third kappa shape index (κ3) is 11.0. The molecule has 12 heteroatoms. The van der Waals surface area contributed by atoms with Crippen molar-refractivity contribution in [2.45, 2.75) is 56.8 Å². The summed E-state index contributed by atoms with van der Waals surface area (Å²) in [4.78, 5) is 29.5. The van der Waals surface area contributed by atoms with Gasteiger partial charge in [0.25, 0.3) is 5.91 Å². The fraction of sp³-hybridized carbons (Fsp3) is 0.286. The number of nitrogens with two attached hydrogens (primary N) is 1. The Morgan fingerprint density at radius 2 is 1.53 bits per heavy atom. The Hall–Kier alpha value is -4.62. The van der Waals surface area contributed by atoms with Gasteiger partial charge in [-0.15, -0.1) is 0 Å². The highest BCUT2D eigenvalue weighted by Crippen LogP contribution is 2.14. The van der Waals surface area contributed by atoms with Crippen LogP contribution in [0.5, 0.6) is 0 Å². The van der Waals surface area contributed by atoms with E-state index in [1.807, 2.05) is 31.2 Å². The van der Waals surface area contributed by atoms with Gasteiger partial charge in [0.15, 0.2) is 0 Å². The number of rotatable bonds is 16. The first-order valence-electron chi connectivity index (χ1n) is 15.5. The topological polar surface area (TPSA) is 176 Å². The number of nitrogen functional groups attached to an aromatic ring is 1. The molecular weight excluding hydrogens is 616 g/mol. The number of benzene rings is 3. The average Bonchev–Trinajstić information content (AvgIpc) is 3.06. The molecule has 0 aliphatic rings. The van der Waals surface area contributed by atoms with Gasteiger partial charge < -0.3 is 26.8 Å². The molecule has 0 aliphatic carbocycles. The van der Waals surface area contributed by atoms with E-state index in [9.17, 15) is 23.1 Å². The molecule has 47 heavy (non-hydrogen) atoms. The number of hydrogen-bond acceptors (Lipinski definition) is 8. The molecule has 2 amide bonds. The number of aliphatic hydroxyl groups excluding tert-OH is 1. The zero-order valence-electron chi connectivity index (χ0n) is 26.6. The Bertz CT molecular complexity index is 1730. The van der Waals surface area contributed by atoms with Gasteiger partial charge in [0.2, 0.25) is 15.9 Å². The van der Waals surface area contributed by atoms with Crippen LogP contribution < -0.4 is 26.4 Å². The summed E-state index contributed by atoms with van der Waals surface area (Å²) in [6, 6.07) is 24.8. The molecule has 0 aliphatic heterocycles.